The summed E-state index contributed by atoms with van der Waals surface area (Å²) >= 11 is 0. The number of nitrogens with one attached hydrogen (secondary N) is 1. The maximum atomic E-state index is 5.72. The van der Waals surface area contributed by atoms with E-state index in [1.165, 1.54) is 25.7 Å². The summed E-state index contributed by atoms with van der Waals surface area (Å²) in [5, 5.41) is 3.73. The molecular weight excluding hydrogens is 212 g/mol. The van der Waals surface area contributed by atoms with Gasteiger partial charge in [-0.05, 0) is 26.2 Å². The molecule has 1 saturated carbocycles. The zero-order chi connectivity index (χ0) is 12.1. The highest BCUT2D eigenvalue weighted by atomic mass is 16.5. The minimum absolute atomic E-state index is 0.456. The third-order valence-electron chi connectivity index (χ3n) is 4.31. The average molecular weight is 240 g/mol. The lowest BCUT2D eigenvalue weighted by Gasteiger charge is -2.37. The highest BCUT2D eigenvalue weighted by Crippen LogP contribution is 2.18. The van der Waals surface area contributed by atoms with Gasteiger partial charge in [0.1, 0.15) is 0 Å². The Morgan fingerprint density at radius 1 is 1.35 bits per heavy atom. The van der Waals surface area contributed by atoms with E-state index in [0.717, 1.165) is 38.7 Å². The van der Waals surface area contributed by atoms with Crippen molar-refractivity contribution >= 4 is 0 Å². The van der Waals surface area contributed by atoms with Gasteiger partial charge in [-0.15, -0.1) is 0 Å². The molecule has 0 radical (unpaired) electrons. The van der Waals surface area contributed by atoms with Crippen LogP contribution >= 0.6 is 0 Å². The maximum Gasteiger partial charge on any atom is 0.0700 e. The van der Waals surface area contributed by atoms with Crippen LogP contribution in [-0.4, -0.2) is 49.3 Å². The molecule has 1 aliphatic heterocycles. The number of rotatable bonds is 5. The molecule has 1 N–H and O–H groups in total. The molecular formula is C14H28N2O. The van der Waals surface area contributed by atoms with Crippen LogP contribution in [0.4, 0.5) is 0 Å². The molecule has 2 rings (SSSR count). The highest BCUT2D eigenvalue weighted by Gasteiger charge is 2.23. The van der Waals surface area contributed by atoms with Crippen molar-refractivity contribution in [1.29, 1.82) is 0 Å². The second-order valence-electron chi connectivity index (χ2n) is 5.63. The van der Waals surface area contributed by atoms with E-state index in [1.807, 2.05) is 0 Å². The van der Waals surface area contributed by atoms with Gasteiger partial charge in [0.25, 0.3) is 0 Å². The molecule has 0 bridgehead atoms. The molecule has 2 aliphatic rings. The molecule has 0 spiro atoms. The third kappa shape index (κ3) is 3.94. The van der Waals surface area contributed by atoms with Gasteiger partial charge in [0.15, 0.2) is 0 Å². The summed E-state index contributed by atoms with van der Waals surface area (Å²) in [6.07, 6.45) is 7.20. The Bertz CT molecular complexity index is 216. The molecule has 0 aromatic carbocycles. The van der Waals surface area contributed by atoms with Crippen LogP contribution in [0.5, 0.6) is 0 Å². The quantitative estimate of drug-likeness (QED) is 0.795. The lowest BCUT2D eigenvalue weighted by atomic mass is 10.1. The van der Waals surface area contributed by atoms with E-state index in [9.17, 15) is 0 Å². The van der Waals surface area contributed by atoms with Crippen molar-refractivity contribution in [3.8, 4) is 0 Å². The fraction of sp³-hybridized carbons (Fsp3) is 1.00. The number of morpholine rings is 1. The van der Waals surface area contributed by atoms with Crippen LogP contribution in [0.2, 0.25) is 0 Å². The van der Waals surface area contributed by atoms with Crippen LogP contribution in [0, 0.1) is 0 Å². The SMILES string of the molecule is CCC1CN(C(C)CNC2CCCC2)CCO1. The van der Waals surface area contributed by atoms with E-state index in [4.69, 9.17) is 4.74 Å². The summed E-state index contributed by atoms with van der Waals surface area (Å²) < 4.78 is 5.72. The monoisotopic (exact) mass is 240 g/mol. The first kappa shape index (κ1) is 13.3. The number of hydrogen-bond acceptors (Lipinski definition) is 3. The molecule has 0 aromatic heterocycles. The molecule has 3 nitrogen and oxygen atoms in total. The lowest BCUT2D eigenvalue weighted by molar-refractivity contribution is -0.0419. The van der Waals surface area contributed by atoms with Gasteiger partial charge in [-0.1, -0.05) is 19.8 Å². The minimum Gasteiger partial charge on any atom is -0.376 e. The van der Waals surface area contributed by atoms with Crippen molar-refractivity contribution in [1.82, 2.24) is 10.2 Å². The molecule has 1 aliphatic carbocycles. The molecule has 2 atom stereocenters. The van der Waals surface area contributed by atoms with Gasteiger partial charge in [0, 0.05) is 31.7 Å². The Morgan fingerprint density at radius 3 is 2.82 bits per heavy atom. The molecule has 0 amide bonds. The molecule has 2 fully saturated rings. The maximum absolute atomic E-state index is 5.72. The van der Waals surface area contributed by atoms with Crippen molar-refractivity contribution < 1.29 is 4.74 Å². The topological polar surface area (TPSA) is 24.5 Å². The Labute approximate surface area is 106 Å². The minimum atomic E-state index is 0.456. The summed E-state index contributed by atoms with van der Waals surface area (Å²) in [5.74, 6) is 0. The summed E-state index contributed by atoms with van der Waals surface area (Å²) in [4.78, 5) is 2.58. The summed E-state index contributed by atoms with van der Waals surface area (Å²) in [5.41, 5.74) is 0. The van der Waals surface area contributed by atoms with Crippen molar-refractivity contribution in [2.45, 2.75) is 64.1 Å². The van der Waals surface area contributed by atoms with Crippen LogP contribution in [0.25, 0.3) is 0 Å². The molecule has 0 aromatic rings. The smallest absolute Gasteiger partial charge is 0.0700 e. The van der Waals surface area contributed by atoms with Crippen molar-refractivity contribution in [2.75, 3.05) is 26.2 Å². The third-order valence-corrected chi connectivity index (χ3v) is 4.31. The molecule has 17 heavy (non-hydrogen) atoms. The van der Waals surface area contributed by atoms with Gasteiger partial charge < -0.3 is 10.1 Å². The Kier molecular flexibility index (Phi) is 5.26. The summed E-state index contributed by atoms with van der Waals surface area (Å²) in [7, 11) is 0. The van der Waals surface area contributed by atoms with Gasteiger partial charge in [-0.3, -0.25) is 4.90 Å². The first-order valence-electron chi connectivity index (χ1n) is 7.38. The van der Waals surface area contributed by atoms with E-state index in [2.05, 4.69) is 24.1 Å². The first-order chi connectivity index (χ1) is 8.29. The zero-order valence-electron chi connectivity index (χ0n) is 11.5. The van der Waals surface area contributed by atoms with Crippen molar-refractivity contribution in [3.63, 3.8) is 0 Å². The predicted molar refractivity (Wildman–Crippen MR) is 71.3 cm³/mol. The van der Waals surface area contributed by atoms with Crippen LogP contribution in [0.3, 0.4) is 0 Å². The lowest BCUT2D eigenvalue weighted by Crippen LogP contribution is -2.50. The largest absolute Gasteiger partial charge is 0.376 e. The number of ether oxygens (including phenoxy) is 1. The second-order valence-corrected chi connectivity index (χ2v) is 5.63. The Balaban J connectivity index is 1.68. The summed E-state index contributed by atoms with van der Waals surface area (Å²) in [6, 6.07) is 1.44. The van der Waals surface area contributed by atoms with Crippen molar-refractivity contribution in [3.05, 3.63) is 0 Å². The Hall–Kier alpha value is -0.120. The fourth-order valence-corrected chi connectivity index (χ4v) is 2.99. The van der Waals surface area contributed by atoms with E-state index >= 15 is 0 Å². The van der Waals surface area contributed by atoms with Crippen LogP contribution in [-0.2, 0) is 4.74 Å². The standard InChI is InChI=1S/C14H28N2O/c1-3-14-11-16(8-9-17-14)12(2)10-15-13-6-4-5-7-13/h12-15H,3-11H2,1-2H3. The molecule has 1 saturated heterocycles. The summed E-state index contributed by atoms with van der Waals surface area (Å²) in [6.45, 7) is 8.83. The zero-order valence-corrected chi connectivity index (χ0v) is 11.5. The average Bonchev–Trinajstić information content (AvgIpc) is 2.89. The fourth-order valence-electron chi connectivity index (χ4n) is 2.99. The van der Waals surface area contributed by atoms with Gasteiger partial charge in [-0.25, -0.2) is 0 Å². The Morgan fingerprint density at radius 2 is 2.12 bits per heavy atom. The van der Waals surface area contributed by atoms with Crippen LogP contribution < -0.4 is 5.32 Å². The van der Waals surface area contributed by atoms with E-state index in [1.54, 1.807) is 0 Å². The van der Waals surface area contributed by atoms with E-state index < -0.39 is 0 Å². The van der Waals surface area contributed by atoms with Gasteiger partial charge in [-0.2, -0.15) is 0 Å². The highest BCUT2D eigenvalue weighted by molar-refractivity contribution is 4.80. The predicted octanol–water partition coefficient (Wildman–Crippen LogP) is 2.02. The molecule has 3 heteroatoms. The van der Waals surface area contributed by atoms with Gasteiger partial charge in [0.2, 0.25) is 0 Å². The van der Waals surface area contributed by atoms with Gasteiger partial charge >= 0.3 is 0 Å². The van der Waals surface area contributed by atoms with Crippen LogP contribution in [0.1, 0.15) is 46.0 Å². The molecule has 1 heterocycles. The normalized spacial score (nSPS) is 29.6. The molecule has 100 valence electrons. The van der Waals surface area contributed by atoms with E-state index in [-0.39, 0.29) is 0 Å². The number of nitrogens with zero attached hydrogens (tertiary/aromatic N) is 1. The molecule has 2 unspecified atom stereocenters. The van der Waals surface area contributed by atoms with Gasteiger partial charge in [0.05, 0.1) is 12.7 Å². The number of hydrogen-bond donors (Lipinski definition) is 1. The van der Waals surface area contributed by atoms with Crippen molar-refractivity contribution in [2.24, 2.45) is 0 Å². The first-order valence-corrected chi connectivity index (χ1v) is 7.38. The second kappa shape index (κ2) is 6.72. The van der Waals surface area contributed by atoms with E-state index in [0.29, 0.717) is 12.1 Å². The van der Waals surface area contributed by atoms with Crippen LogP contribution in [0.15, 0.2) is 0 Å².